The highest BCUT2D eigenvalue weighted by Gasteiger charge is 2.36. The number of benzene rings is 2. The summed E-state index contributed by atoms with van der Waals surface area (Å²) in [5, 5.41) is 8.81. The van der Waals surface area contributed by atoms with Crippen LogP contribution >= 0.6 is 11.8 Å². The molecule has 1 N–H and O–H groups in total. The highest BCUT2D eigenvalue weighted by molar-refractivity contribution is 8.18. The van der Waals surface area contributed by atoms with Crippen molar-refractivity contribution in [3.05, 3.63) is 64.1 Å². The van der Waals surface area contributed by atoms with Gasteiger partial charge >= 0.3 is 5.97 Å². The molecule has 0 radical (unpaired) electrons. The van der Waals surface area contributed by atoms with Crippen molar-refractivity contribution in [3.8, 4) is 11.5 Å². The molecule has 7 nitrogen and oxygen atoms in total. The highest BCUT2D eigenvalue weighted by atomic mass is 32.2. The second kappa shape index (κ2) is 9.04. The quantitative estimate of drug-likeness (QED) is 0.654. The first-order valence-electron chi connectivity index (χ1n) is 9.20. The zero-order valence-corrected chi connectivity index (χ0v) is 17.6. The van der Waals surface area contributed by atoms with Crippen LogP contribution in [-0.2, 0) is 11.4 Å². The monoisotopic (exact) mass is 427 g/mol. The SMILES string of the molecule is COc1cc(C=C2SC(=O)N(C(C)C)C2=O)ccc1OCc1cccc(C(=O)O)c1. The molecule has 0 aromatic heterocycles. The van der Waals surface area contributed by atoms with E-state index in [2.05, 4.69) is 0 Å². The molecule has 0 aliphatic carbocycles. The maximum atomic E-state index is 12.4. The molecule has 3 rings (SSSR count). The maximum absolute atomic E-state index is 12.4. The number of carbonyl (C=O) groups is 3. The molecule has 2 aromatic rings. The van der Waals surface area contributed by atoms with Crippen molar-refractivity contribution in [2.45, 2.75) is 26.5 Å². The summed E-state index contributed by atoms with van der Waals surface area (Å²) in [6, 6.07) is 11.5. The summed E-state index contributed by atoms with van der Waals surface area (Å²) < 4.78 is 11.2. The zero-order chi connectivity index (χ0) is 21.8. The van der Waals surface area contributed by atoms with Gasteiger partial charge in [0.05, 0.1) is 17.6 Å². The Kier molecular flexibility index (Phi) is 6.47. The summed E-state index contributed by atoms with van der Waals surface area (Å²) in [6.45, 7) is 3.76. The van der Waals surface area contributed by atoms with Gasteiger partial charge in [-0.25, -0.2) is 4.79 Å². The number of carbonyl (C=O) groups excluding carboxylic acids is 2. The fourth-order valence-electron chi connectivity index (χ4n) is 2.92. The van der Waals surface area contributed by atoms with Gasteiger partial charge < -0.3 is 14.6 Å². The average molecular weight is 427 g/mol. The lowest BCUT2D eigenvalue weighted by atomic mass is 10.1. The lowest BCUT2D eigenvalue weighted by Crippen LogP contribution is -2.34. The van der Waals surface area contributed by atoms with Gasteiger partial charge in [0.15, 0.2) is 11.5 Å². The molecule has 1 heterocycles. The van der Waals surface area contributed by atoms with E-state index in [0.717, 1.165) is 11.8 Å². The third-order valence-corrected chi connectivity index (χ3v) is 5.28. The largest absolute Gasteiger partial charge is 0.493 e. The van der Waals surface area contributed by atoms with Crippen molar-refractivity contribution in [2.75, 3.05) is 7.11 Å². The van der Waals surface area contributed by atoms with E-state index in [9.17, 15) is 14.4 Å². The number of amides is 2. The molecule has 30 heavy (non-hydrogen) atoms. The van der Waals surface area contributed by atoms with Gasteiger partial charge in [-0.3, -0.25) is 14.5 Å². The lowest BCUT2D eigenvalue weighted by Gasteiger charge is -2.16. The van der Waals surface area contributed by atoms with Gasteiger partial charge in [0.25, 0.3) is 11.1 Å². The first kappa shape index (κ1) is 21.4. The highest BCUT2D eigenvalue weighted by Crippen LogP contribution is 2.35. The van der Waals surface area contributed by atoms with Crippen molar-refractivity contribution in [1.29, 1.82) is 0 Å². The fraction of sp³-hybridized carbons (Fsp3) is 0.227. The lowest BCUT2D eigenvalue weighted by molar-refractivity contribution is -0.123. The van der Waals surface area contributed by atoms with Crippen LogP contribution in [0, 0.1) is 0 Å². The maximum Gasteiger partial charge on any atom is 0.335 e. The van der Waals surface area contributed by atoms with Crippen molar-refractivity contribution >= 4 is 35.0 Å². The molecule has 0 saturated carbocycles. The van der Waals surface area contributed by atoms with Gasteiger partial charge in [-0.05, 0) is 67.1 Å². The van der Waals surface area contributed by atoms with Crippen LogP contribution in [-0.4, -0.2) is 40.3 Å². The van der Waals surface area contributed by atoms with E-state index in [1.54, 1.807) is 56.3 Å². The molecule has 2 amide bonds. The number of rotatable bonds is 7. The fourth-order valence-corrected chi connectivity index (χ4v) is 3.89. The van der Waals surface area contributed by atoms with Crippen molar-refractivity contribution in [1.82, 2.24) is 4.90 Å². The summed E-state index contributed by atoms with van der Waals surface area (Å²) in [4.78, 5) is 37.2. The van der Waals surface area contributed by atoms with Gasteiger partial charge in [0, 0.05) is 6.04 Å². The van der Waals surface area contributed by atoms with Crippen molar-refractivity contribution in [2.24, 2.45) is 0 Å². The zero-order valence-electron chi connectivity index (χ0n) is 16.7. The molecule has 1 aliphatic rings. The van der Waals surface area contributed by atoms with Gasteiger partial charge in [-0.1, -0.05) is 18.2 Å². The summed E-state index contributed by atoms with van der Waals surface area (Å²) in [5.74, 6) is -0.370. The molecule has 8 heteroatoms. The molecule has 1 saturated heterocycles. The van der Waals surface area contributed by atoms with Crippen LogP contribution in [0.2, 0.25) is 0 Å². The van der Waals surface area contributed by atoms with Crippen LogP contribution in [0.25, 0.3) is 6.08 Å². The molecule has 156 valence electrons. The van der Waals surface area contributed by atoms with Gasteiger partial charge in [-0.2, -0.15) is 0 Å². The molecule has 0 unspecified atom stereocenters. The Balaban J connectivity index is 1.77. The predicted molar refractivity (Wildman–Crippen MR) is 114 cm³/mol. The number of carboxylic acids is 1. The molecular weight excluding hydrogens is 406 g/mol. The smallest absolute Gasteiger partial charge is 0.335 e. The number of hydrogen-bond donors (Lipinski definition) is 1. The molecule has 2 aromatic carbocycles. The number of carboxylic acid groups (broad SMARTS) is 1. The first-order valence-corrected chi connectivity index (χ1v) is 10.0. The molecule has 1 aliphatic heterocycles. The predicted octanol–water partition coefficient (Wildman–Crippen LogP) is 4.42. The van der Waals surface area contributed by atoms with E-state index in [0.29, 0.717) is 27.5 Å². The van der Waals surface area contributed by atoms with Crippen LogP contribution in [0.1, 0.15) is 35.3 Å². The van der Waals surface area contributed by atoms with Gasteiger partial charge in [0.2, 0.25) is 0 Å². The molecule has 0 spiro atoms. The Labute approximate surface area is 178 Å². The Morgan fingerprint density at radius 2 is 1.93 bits per heavy atom. The van der Waals surface area contributed by atoms with E-state index in [1.165, 1.54) is 18.1 Å². The van der Waals surface area contributed by atoms with Crippen LogP contribution in [0.5, 0.6) is 11.5 Å². The number of nitrogens with zero attached hydrogens (tertiary/aromatic N) is 1. The molecule has 0 atom stereocenters. The van der Waals surface area contributed by atoms with Crippen LogP contribution in [0.15, 0.2) is 47.4 Å². The van der Waals surface area contributed by atoms with E-state index < -0.39 is 5.97 Å². The third-order valence-electron chi connectivity index (χ3n) is 4.39. The minimum absolute atomic E-state index is 0.171. The number of aromatic carboxylic acids is 1. The number of thioether (sulfide) groups is 1. The van der Waals surface area contributed by atoms with Crippen molar-refractivity contribution in [3.63, 3.8) is 0 Å². The van der Waals surface area contributed by atoms with E-state index >= 15 is 0 Å². The van der Waals surface area contributed by atoms with Gasteiger partial charge in [0.1, 0.15) is 6.61 Å². The third kappa shape index (κ3) is 4.65. The van der Waals surface area contributed by atoms with Crippen LogP contribution in [0.3, 0.4) is 0 Å². The standard InChI is InChI=1S/C22H21NO6S/c1-13(2)23-20(24)19(30-22(23)27)11-14-7-8-17(18(10-14)28-3)29-12-15-5-4-6-16(9-15)21(25)26/h4-11,13H,12H2,1-3H3,(H,25,26). The summed E-state index contributed by atoms with van der Waals surface area (Å²) in [5.41, 5.74) is 1.60. The minimum atomic E-state index is -0.999. The Morgan fingerprint density at radius 3 is 2.57 bits per heavy atom. The molecular formula is C22H21NO6S. The number of hydrogen-bond acceptors (Lipinski definition) is 6. The average Bonchev–Trinajstić information content (AvgIpc) is 3.00. The second-order valence-corrected chi connectivity index (χ2v) is 7.84. The topological polar surface area (TPSA) is 93.1 Å². The molecule has 0 bridgehead atoms. The number of methoxy groups -OCH3 is 1. The van der Waals surface area contributed by atoms with E-state index in [4.69, 9.17) is 14.6 Å². The number of ether oxygens (including phenoxy) is 2. The summed E-state index contributed by atoms with van der Waals surface area (Å²) in [6.07, 6.45) is 1.65. The summed E-state index contributed by atoms with van der Waals surface area (Å²) in [7, 11) is 1.50. The second-order valence-electron chi connectivity index (χ2n) is 6.85. The Bertz CT molecular complexity index is 1030. The van der Waals surface area contributed by atoms with Gasteiger partial charge in [-0.15, -0.1) is 0 Å². The van der Waals surface area contributed by atoms with Crippen LogP contribution in [0.4, 0.5) is 4.79 Å². The summed E-state index contributed by atoms with van der Waals surface area (Å²) >= 11 is 0.912. The van der Waals surface area contributed by atoms with Crippen LogP contribution < -0.4 is 9.47 Å². The Morgan fingerprint density at radius 1 is 1.17 bits per heavy atom. The first-order chi connectivity index (χ1) is 14.3. The number of imide groups is 1. The Hall–Kier alpha value is -3.26. The van der Waals surface area contributed by atoms with Crippen molar-refractivity contribution < 1.29 is 29.0 Å². The van der Waals surface area contributed by atoms with E-state index in [1.807, 2.05) is 0 Å². The minimum Gasteiger partial charge on any atom is -0.493 e. The van der Waals surface area contributed by atoms with E-state index in [-0.39, 0.29) is 29.4 Å². The normalized spacial score (nSPS) is 15.2. The molecule has 1 fully saturated rings.